The molecule has 2 fully saturated rings. The Hall–Kier alpha value is -1.27. The van der Waals surface area contributed by atoms with E-state index in [1.54, 1.807) is 0 Å². The van der Waals surface area contributed by atoms with Gasteiger partial charge in [0.2, 0.25) is 0 Å². The molecule has 25 heavy (non-hydrogen) atoms. The molecule has 0 N–H and O–H groups in total. The lowest BCUT2D eigenvalue weighted by molar-refractivity contribution is -0.177. The van der Waals surface area contributed by atoms with Crippen molar-refractivity contribution in [2.75, 3.05) is 0 Å². The fourth-order valence-corrected chi connectivity index (χ4v) is 5.65. The first-order valence-electron chi connectivity index (χ1n) is 9.50. The number of hydrogen-bond donors (Lipinski definition) is 0. The zero-order valence-corrected chi connectivity index (χ0v) is 18.7. The summed E-state index contributed by atoms with van der Waals surface area (Å²) in [5.74, 6) is 7.13. The van der Waals surface area contributed by atoms with E-state index in [1.807, 2.05) is 0 Å². The van der Waals surface area contributed by atoms with E-state index in [4.69, 9.17) is 0 Å². The smallest absolute Gasteiger partial charge is 0.129 e. The molecule has 0 aliphatic carbocycles. The Labute approximate surface area is 155 Å². The summed E-state index contributed by atoms with van der Waals surface area (Å²) in [4.78, 5) is 2.73. The van der Waals surface area contributed by atoms with Crippen LogP contribution >= 0.6 is 0 Å². The molecule has 130 valence electrons. The van der Waals surface area contributed by atoms with Gasteiger partial charge >= 0.3 is 0 Å². The minimum absolute atomic E-state index is 0.446. The van der Waals surface area contributed by atoms with Crippen molar-refractivity contribution in [3.05, 3.63) is 34.4 Å². The van der Waals surface area contributed by atoms with Crippen molar-refractivity contribution < 1.29 is 0 Å². The van der Waals surface area contributed by atoms with Crippen LogP contribution in [0.2, 0.25) is 39.3 Å². The summed E-state index contributed by atoms with van der Waals surface area (Å²) in [6.07, 6.45) is 2.59. The molecule has 0 amide bonds. The number of rotatable bonds is 0. The molecule has 3 heteroatoms. The highest BCUT2D eigenvalue weighted by molar-refractivity contribution is 6.84. The van der Waals surface area contributed by atoms with E-state index in [1.165, 1.54) is 35.1 Å². The Kier molecular flexibility index (Phi) is 3.52. The molecular formula is C22H29NSi2. The van der Waals surface area contributed by atoms with Crippen LogP contribution in [0.5, 0.6) is 0 Å². The lowest BCUT2D eigenvalue weighted by atomic mass is 9.68. The first-order chi connectivity index (χ1) is 11.5. The van der Waals surface area contributed by atoms with Crippen LogP contribution in [-0.2, 0) is 0 Å². The molecule has 0 spiro atoms. The van der Waals surface area contributed by atoms with Crippen LogP contribution in [-0.4, -0.2) is 26.6 Å². The Morgan fingerprint density at radius 2 is 1.24 bits per heavy atom. The van der Waals surface area contributed by atoms with Crippen LogP contribution in [0.25, 0.3) is 0 Å². The van der Waals surface area contributed by atoms with E-state index in [-0.39, 0.29) is 0 Å². The minimum atomic E-state index is -1.37. The lowest BCUT2D eigenvalue weighted by Gasteiger charge is -2.65. The third kappa shape index (κ3) is 2.74. The van der Waals surface area contributed by atoms with E-state index in [0.717, 1.165) is 0 Å². The zero-order valence-electron chi connectivity index (χ0n) is 16.7. The fourth-order valence-electron chi connectivity index (χ4n) is 4.63. The predicted molar refractivity (Wildman–Crippen MR) is 112 cm³/mol. The molecule has 1 aromatic rings. The predicted octanol–water partition coefficient (Wildman–Crippen LogP) is 5.11. The summed E-state index contributed by atoms with van der Waals surface area (Å²) in [5, 5.41) is 0. The Balaban J connectivity index is 1.84. The van der Waals surface area contributed by atoms with E-state index < -0.39 is 16.1 Å². The third-order valence-electron chi connectivity index (χ3n) is 5.66. The van der Waals surface area contributed by atoms with Gasteiger partial charge in [0, 0.05) is 28.7 Å². The second kappa shape index (κ2) is 5.13. The first-order valence-corrected chi connectivity index (χ1v) is 16.5. The van der Waals surface area contributed by atoms with Crippen molar-refractivity contribution in [3.8, 4) is 22.9 Å². The summed E-state index contributed by atoms with van der Waals surface area (Å²) in [6, 6.07) is 5.69. The molecule has 3 heterocycles. The molecule has 0 bridgehead atoms. The van der Waals surface area contributed by atoms with Gasteiger partial charge in [0.1, 0.15) is 16.1 Å². The Morgan fingerprint density at radius 1 is 0.840 bits per heavy atom. The second-order valence-electron chi connectivity index (χ2n) is 10.3. The number of benzene rings is 1. The van der Waals surface area contributed by atoms with Gasteiger partial charge in [-0.1, -0.05) is 51.1 Å². The summed E-state index contributed by atoms with van der Waals surface area (Å²) in [6.45, 7) is 16.3. The van der Waals surface area contributed by atoms with Crippen molar-refractivity contribution in [1.29, 1.82) is 0 Å². The molecule has 2 unspecified atom stereocenters. The van der Waals surface area contributed by atoms with E-state index in [2.05, 4.69) is 86.2 Å². The van der Waals surface area contributed by atoms with Crippen LogP contribution in [0.3, 0.4) is 0 Å². The molecule has 1 nitrogen and oxygen atoms in total. The third-order valence-corrected chi connectivity index (χ3v) is 7.41. The van der Waals surface area contributed by atoms with Gasteiger partial charge in [-0.2, -0.15) is 0 Å². The number of hydrogen-bond acceptors (Lipinski definition) is 1. The fraction of sp³-hybridized carbons (Fsp3) is 0.545. The maximum absolute atomic E-state index is 3.58. The highest BCUT2D eigenvalue weighted by atomic mass is 28.3. The molecular weight excluding hydrogens is 334 g/mol. The standard InChI is InChI=1S/C22H29NSi2/c1-22-14-18-20-16(10-12-24(2,3)4)8-9-17(11-13-25(5,6)7)21(20)19(15-22)23(18)22/h8-9,18-19H,14-15H2,1-7H3. The van der Waals surface area contributed by atoms with E-state index >= 15 is 0 Å². The van der Waals surface area contributed by atoms with Gasteiger partial charge in [-0.3, -0.25) is 4.90 Å². The van der Waals surface area contributed by atoms with Crippen molar-refractivity contribution in [2.45, 2.75) is 76.7 Å². The lowest BCUT2D eigenvalue weighted by Crippen LogP contribution is -2.66. The summed E-state index contributed by atoms with van der Waals surface area (Å²) in [7, 11) is -2.73. The topological polar surface area (TPSA) is 3.24 Å². The van der Waals surface area contributed by atoms with Gasteiger partial charge in [-0.25, -0.2) is 0 Å². The molecule has 1 aromatic carbocycles. The van der Waals surface area contributed by atoms with Crippen LogP contribution in [0.15, 0.2) is 12.1 Å². The minimum Gasteiger partial charge on any atom is -0.284 e. The monoisotopic (exact) mass is 363 g/mol. The number of fused-ring (bicyclic) bond motifs is 3. The number of piperidine rings is 1. The summed E-state index contributed by atoms with van der Waals surface area (Å²) >= 11 is 0. The van der Waals surface area contributed by atoms with Gasteiger partial charge in [-0.05, 0) is 43.0 Å². The summed E-state index contributed by atoms with van der Waals surface area (Å²) in [5.41, 5.74) is 13.2. The molecule has 4 rings (SSSR count). The van der Waals surface area contributed by atoms with Gasteiger partial charge in [-0.15, -0.1) is 11.1 Å². The highest BCUT2D eigenvalue weighted by Gasteiger charge is 2.66. The van der Waals surface area contributed by atoms with Crippen LogP contribution in [0.4, 0.5) is 0 Å². The number of nitrogens with zero attached hydrogens (tertiary/aromatic N) is 1. The van der Waals surface area contributed by atoms with Crippen molar-refractivity contribution >= 4 is 16.1 Å². The highest BCUT2D eigenvalue weighted by Crippen LogP contribution is 2.69. The van der Waals surface area contributed by atoms with E-state index in [0.29, 0.717) is 17.6 Å². The normalized spacial score (nSPS) is 29.2. The molecule has 0 aromatic heterocycles. The maximum atomic E-state index is 3.58. The van der Waals surface area contributed by atoms with Crippen molar-refractivity contribution in [3.63, 3.8) is 0 Å². The molecule has 0 saturated carbocycles. The van der Waals surface area contributed by atoms with Gasteiger partial charge in [0.25, 0.3) is 0 Å². The Bertz CT molecular complexity index is 808. The largest absolute Gasteiger partial charge is 0.284 e. The van der Waals surface area contributed by atoms with E-state index in [9.17, 15) is 0 Å². The molecule has 2 atom stereocenters. The quantitative estimate of drug-likeness (QED) is 0.457. The van der Waals surface area contributed by atoms with Crippen molar-refractivity contribution in [1.82, 2.24) is 4.90 Å². The SMILES string of the molecule is CC12CC3c4c(C#C[Si](C)(C)C)ccc(C#C[Si](C)(C)C)c4C(C1)N32. The van der Waals surface area contributed by atoms with Crippen LogP contribution in [0.1, 0.15) is 54.1 Å². The molecule has 3 aliphatic rings. The average Bonchev–Trinajstić information content (AvgIpc) is 2.58. The Morgan fingerprint density at radius 3 is 1.56 bits per heavy atom. The van der Waals surface area contributed by atoms with Crippen LogP contribution in [0, 0.1) is 22.9 Å². The molecule has 3 aliphatic heterocycles. The van der Waals surface area contributed by atoms with Gasteiger partial charge < -0.3 is 0 Å². The van der Waals surface area contributed by atoms with Gasteiger partial charge in [0.05, 0.1) is 0 Å². The van der Waals surface area contributed by atoms with Gasteiger partial charge in [0.15, 0.2) is 0 Å². The van der Waals surface area contributed by atoms with Crippen molar-refractivity contribution in [2.24, 2.45) is 0 Å². The molecule has 2 saturated heterocycles. The van der Waals surface area contributed by atoms with Crippen LogP contribution < -0.4 is 0 Å². The zero-order chi connectivity index (χ0) is 18.2. The summed E-state index contributed by atoms with van der Waals surface area (Å²) < 4.78 is 0. The second-order valence-corrected chi connectivity index (χ2v) is 19.8. The molecule has 0 radical (unpaired) electrons. The average molecular weight is 364 g/mol. The maximum Gasteiger partial charge on any atom is 0.129 e. The first kappa shape index (κ1) is 17.2.